The van der Waals surface area contributed by atoms with Crippen molar-refractivity contribution in [1.82, 2.24) is 4.90 Å². The first-order valence-electron chi connectivity index (χ1n) is 6.73. The van der Waals surface area contributed by atoms with Crippen LogP contribution < -0.4 is 15.4 Å². The van der Waals surface area contributed by atoms with Gasteiger partial charge in [-0.05, 0) is 12.1 Å². The van der Waals surface area contributed by atoms with Crippen LogP contribution in [0.1, 0.15) is 0 Å². The van der Waals surface area contributed by atoms with Crippen molar-refractivity contribution >= 4 is 11.4 Å². The molecular weight excluding hydrogens is 328 g/mol. The first-order valence-corrected chi connectivity index (χ1v) is 6.73. The Morgan fingerprint density at radius 1 is 1.00 bits per heavy atom. The number of piperazine rings is 1. The summed E-state index contributed by atoms with van der Waals surface area (Å²) in [5.41, 5.74) is 6.28. The van der Waals surface area contributed by atoms with Gasteiger partial charge in [0.1, 0.15) is 5.75 Å². The van der Waals surface area contributed by atoms with Crippen LogP contribution in [-0.4, -0.2) is 50.2 Å². The number of benzene rings is 1. The highest BCUT2D eigenvalue weighted by Crippen LogP contribution is 2.31. The second-order valence-electron chi connectivity index (χ2n) is 5.15. The van der Waals surface area contributed by atoms with Crippen LogP contribution in [0.5, 0.6) is 5.75 Å². The number of rotatable bonds is 3. The molecule has 1 fully saturated rings. The molecule has 0 bridgehead atoms. The summed E-state index contributed by atoms with van der Waals surface area (Å²) in [5.74, 6) is -0.436. The number of nitrogens with two attached hydrogens (primary N) is 1. The van der Waals surface area contributed by atoms with Crippen molar-refractivity contribution in [2.24, 2.45) is 0 Å². The Morgan fingerprint density at radius 3 is 2.09 bits per heavy atom. The summed E-state index contributed by atoms with van der Waals surface area (Å²) in [6, 6.07) is 3.54. The smallest absolute Gasteiger partial charge is 0.406 e. The molecule has 0 spiro atoms. The fourth-order valence-corrected chi connectivity index (χ4v) is 2.42. The minimum Gasteiger partial charge on any atom is -0.406 e. The van der Waals surface area contributed by atoms with Crippen LogP contribution in [0.25, 0.3) is 0 Å². The van der Waals surface area contributed by atoms with E-state index in [0.717, 1.165) is 12.1 Å². The fraction of sp³-hybridized carbons (Fsp3) is 0.538. The zero-order valence-corrected chi connectivity index (χ0v) is 11.9. The van der Waals surface area contributed by atoms with Gasteiger partial charge in [0.05, 0.1) is 17.9 Å². The third-order valence-electron chi connectivity index (χ3n) is 3.35. The van der Waals surface area contributed by atoms with Crippen LogP contribution in [0.2, 0.25) is 0 Å². The van der Waals surface area contributed by atoms with E-state index in [2.05, 4.69) is 4.74 Å². The molecule has 0 aliphatic carbocycles. The van der Waals surface area contributed by atoms with Gasteiger partial charge in [0.2, 0.25) is 0 Å². The van der Waals surface area contributed by atoms with Gasteiger partial charge in [-0.15, -0.1) is 13.2 Å². The van der Waals surface area contributed by atoms with Gasteiger partial charge in [0, 0.05) is 32.2 Å². The molecule has 0 saturated carbocycles. The SMILES string of the molecule is Nc1cc(OC(F)(F)F)ccc1N1CCN(CC(F)(F)F)CC1. The van der Waals surface area contributed by atoms with E-state index < -0.39 is 24.8 Å². The van der Waals surface area contributed by atoms with E-state index >= 15 is 0 Å². The summed E-state index contributed by atoms with van der Waals surface area (Å²) in [4.78, 5) is 3.01. The Labute approximate surface area is 128 Å². The maximum atomic E-state index is 12.3. The Morgan fingerprint density at radius 2 is 1.61 bits per heavy atom. The summed E-state index contributed by atoms with van der Waals surface area (Å²) in [6.07, 6.45) is -9.06. The lowest BCUT2D eigenvalue weighted by Crippen LogP contribution is -2.49. The molecule has 2 N–H and O–H groups in total. The zero-order chi connectivity index (χ0) is 17.3. The van der Waals surface area contributed by atoms with Gasteiger partial charge in [0.25, 0.3) is 0 Å². The van der Waals surface area contributed by atoms with E-state index in [1.54, 1.807) is 4.90 Å². The average molecular weight is 343 g/mol. The summed E-state index contributed by atoms with van der Waals surface area (Å²) in [7, 11) is 0. The zero-order valence-electron chi connectivity index (χ0n) is 11.9. The van der Waals surface area contributed by atoms with Gasteiger partial charge >= 0.3 is 12.5 Å². The summed E-state index contributed by atoms with van der Waals surface area (Å²) in [5, 5.41) is 0. The molecule has 1 aliphatic rings. The monoisotopic (exact) mass is 343 g/mol. The maximum Gasteiger partial charge on any atom is 0.573 e. The van der Waals surface area contributed by atoms with Crippen LogP contribution in [0.3, 0.4) is 0 Å². The summed E-state index contributed by atoms with van der Waals surface area (Å²) >= 11 is 0. The molecule has 23 heavy (non-hydrogen) atoms. The van der Waals surface area contributed by atoms with Gasteiger partial charge in [-0.25, -0.2) is 0 Å². The topological polar surface area (TPSA) is 41.7 Å². The minimum absolute atomic E-state index is 0.0796. The lowest BCUT2D eigenvalue weighted by atomic mass is 10.2. The van der Waals surface area contributed by atoms with Crippen molar-refractivity contribution in [2.75, 3.05) is 43.4 Å². The third kappa shape index (κ3) is 5.38. The molecule has 0 atom stereocenters. The van der Waals surface area contributed by atoms with Crippen molar-refractivity contribution in [1.29, 1.82) is 0 Å². The van der Waals surface area contributed by atoms with Crippen molar-refractivity contribution in [3.8, 4) is 5.75 Å². The number of alkyl halides is 6. The van der Waals surface area contributed by atoms with Crippen LogP contribution in [0.15, 0.2) is 18.2 Å². The Bertz CT molecular complexity index is 537. The van der Waals surface area contributed by atoms with E-state index in [0.29, 0.717) is 18.8 Å². The first kappa shape index (κ1) is 17.5. The van der Waals surface area contributed by atoms with Crippen LogP contribution in [0, 0.1) is 0 Å². The van der Waals surface area contributed by atoms with E-state index in [1.807, 2.05) is 0 Å². The normalized spacial score (nSPS) is 17.4. The van der Waals surface area contributed by atoms with Crippen LogP contribution in [-0.2, 0) is 0 Å². The number of nitrogen functional groups attached to an aromatic ring is 1. The maximum absolute atomic E-state index is 12.3. The highest BCUT2D eigenvalue weighted by Gasteiger charge is 2.33. The molecule has 130 valence electrons. The van der Waals surface area contributed by atoms with Gasteiger partial charge < -0.3 is 15.4 Å². The summed E-state index contributed by atoms with van der Waals surface area (Å²) < 4.78 is 77.1. The van der Waals surface area contributed by atoms with Gasteiger partial charge in [-0.2, -0.15) is 13.2 Å². The van der Waals surface area contributed by atoms with E-state index in [-0.39, 0.29) is 18.8 Å². The minimum atomic E-state index is -4.81. The molecule has 0 unspecified atom stereocenters. The number of nitrogens with zero attached hydrogens (tertiary/aromatic N) is 2. The predicted octanol–water partition coefficient (Wildman–Crippen LogP) is 2.85. The van der Waals surface area contributed by atoms with E-state index in [9.17, 15) is 26.3 Å². The second kappa shape index (κ2) is 6.34. The highest BCUT2D eigenvalue weighted by molar-refractivity contribution is 5.69. The quantitative estimate of drug-likeness (QED) is 0.677. The molecule has 1 aromatic rings. The molecule has 0 amide bonds. The predicted molar refractivity (Wildman–Crippen MR) is 72.2 cm³/mol. The molecule has 1 heterocycles. The largest absolute Gasteiger partial charge is 0.573 e. The Balaban J connectivity index is 1.98. The fourth-order valence-electron chi connectivity index (χ4n) is 2.42. The van der Waals surface area contributed by atoms with E-state index in [4.69, 9.17) is 5.73 Å². The van der Waals surface area contributed by atoms with Gasteiger partial charge in [-0.3, -0.25) is 4.90 Å². The van der Waals surface area contributed by atoms with Crippen molar-refractivity contribution in [3.63, 3.8) is 0 Å². The molecule has 1 aromatic carbocycles. The molecular formula is C13H15F6N3O. The van der Waals surface area contributed by atoms with Crippen LogP contribution >= 0.6 is 0 Å². The van der Waals surface area contributed by atoms with Crippen molar-refractivity contribution in [2.45, 2.75) is 12.5 Å². The van der Waals surface area contributed by atoms with E-state index in [1.165, 1.54) is 11.0 Å². The Hall–Kier alpha value is -1.84. The number of ether oxygens (including phenoxy) is 1. The number of anilines is 2. The molecule has 1 aliphatic heterocycles. The third-order valence-corrected chi connectivity index (χ3v) is 3.35. The number of halogens is 6. The van der Waals surface area contributed by atoms with Crippen molar-refractivity contribution in [3.05, 3.63) is 18.2 Å². The Kier molecular flexibility index (Phi) is 4.83. The molecule has 0 aromatic heterocycles. The lowest BCUT2D eigenvalue weighted by molar-refractivity contribution is -0.274. The number of hydrogen-bond acceptors (Lipinski definition) is 4. The van der Waals surface area contributed by atoms with Crippen LogP contribution in [0.4, 0.5) is 37.7 Å². The molecule has 1 saturated heterocycles. The molecule has 4 nitrogen and oxygen atoms in total. The number of hydrogen-bond donors (Lipinski definition) is 1. The van der Waals surface area contributed by atoms with Crippen molar-refractivity contribution < 1.29 is 31.1 Å². The second-order valence-corrected chi connectivity index (χ2v) is 5.15. The molecule has 2 rings (SSSR count). The highest BCUT2D eigenvalue weighted by atomic mass is 19.4. The summed E-state index contributed by atoms with van der Waals surface area (Å²) in [6.45, 7) is 0.0215. The lowest BCUT2D eigenvalue weighted by Gasteiger charge is -2.36. The standard InChI is InChI=1S/C13H15F6N3O/c14-12(15,16)8-21-3-5-22(6-4-21)11-2-1-9(7-10(11)20)23-13(17,18)19/h1-2,7H,3-6,8,20H2. The molecule has 10 heteroatoms. The average Bonchev–Trinajstić information content (AvgIpc) is 2.36. The first-order chi connectivity index (χ1) is 10.5. The van der Waals surface area contributed by atoms with Gasteiger partial charge in [-0.1, -0.05) is 0 Å². The van der Waals surface area contributed by atoms with Gasteiger partial charge in [0.15, 0.2) is 0 Å². The molecule has 0 radical (unpaired) electrons.